The number of carbonyl (C=O) groups excluding carboxylic acids is 2. The van der Waals surface area contributed by atoms with Crippen LogP contribution in [-0.4, -0.2) is 99.5 Å². The maximum Gasteiger partial charge on any atom is 0.280 e. The molecule has 0 radical (unpaired) electrons. The molecule has 1 heterocycles. The Bertz CT molecular complexity index is 370. The lowest BCUT2D eigenvalue weighted by Gasteiger charge is -2.24. The summed E-state index contributed by atoms with van der Waals surface area (Å²) in [5, 5.41) is 0. The fourth-order valence-electron chi connectivity index (χ4n) is 2.41. The van der Waals surface area contributed by atoms with Gasteiger partial charge in [-0.05, 0) is 13.8 Å². The van der Waals surface area contributed by atoms with E-state index in [0.717, 1.165) is 0 Å². The molecule has 0 aliphatic carbocycles. The van der Waals surface area contributed by atoms with Crippen LogP contribution in [0.1, 0.15) is 13.8 Å². The lowest BCUT2D eigenvalue weighted by Crippen LogP contribution is -2.66. The Labute approximate surface area is 149 Å². The van der Waals surface area contributed by atoms with Crippen LogP contribution in [0.15, 0.2) is 0 Å². The van der Waals surface area contributed by atoms with Gasteiger partial charge in [-0.15, -0.1) is 0 Å². The van der Waals surface area contributed by atoms with Gasteiger partial charge in [0.15, 0.2) is 12.1 Å². The van der Waals surface area contributed by atoms with Gasteiger partial charge in [-0.2, -0.15) is 0 Å². The topological polar surface area (TPSA) is 124 Å². The van der Waals surface area contributed by atoms with Crippen LogP contribution in [0.25, 0.3) is 0 Å². The quantitative estimate of drug-likeness (QED) is 0.541. The number of nitrogens with zero attached hydrogens (tertiary/aromatic N) is 2. The highest BCUT2D eigenvalue weighted by molar-refractivity contribution is 5.80. The standard InChI is InChI=1S/C16H32N4O5/c1-13(17)15(21)19-3-7-23-8-4-20(16(22)14(2)18)6-10-25-12-11-24-9-5-19/h13-14H,3-12,17-18H2,1-2H3/p+2/t13-,14-/m1/s1. The molecule has 2 atom stereocenters. The van der Waals surface area contributed by atoms with Gasteiger partial charge in [0.1, 0.15) is 0 Å². The molecule has 1 fully saturated rings. The van der Waals surface area contributed by atoms with Crippen molar-refractivity contribution < 1.29 is 35.3 Å². The zero-order valence-corrected chi connectivity index (χ0v) is 15.6. The molecule has 9 heteroatoms. The highest BCUT2D eigenvalue weighted by Crippen LogP contribution is 1.98. The van der Waals surface area contributed by atoms with Crippen molar-refractivity contribution in [2.24, 2.45) is 0 Å². The fourth-order valence-corrected chi connectivity index (χ4v) is 2.41. The molecule has 0 bridgehead atoms. The summed E-state index contributed by atoms with van der Waals surface area (Å²) >= 11 is 0. The zero-order chi connectivity index (χ0) is 18.7. The molecule has 2 amide bonds. The number of amides is 2. The lowest BCUT2D eigenvalue weighted by atomic mass is 10.3. The van der Waals surface area contributed by atoms with Crippen molar-refractivity contribution in [2.45, 2.75) is 25.9 Å². The van der Waals surface area contributed by atoms with Crippen LogP contribution in [0.4, 0.5) is 0 Å². The molecule has 0 spiro atoms. The predicted octanol–water partition coefficient (Wildman–Crippen LogP) is -3.03. The summed E-state index contributed by atoms with van der Waals surface area (Å²) in [5.41, 5.74) is 7.57. The number of ether oxygens (including phenoxy) is 3. The van der Waals surface area contributed by atoms with Crippen LogP contribution >= 0.6 is 0 Å². The van der Waals surface area contributed by atoms with Crippen molar-refractivity contribution in [1.29, 1.82) is 0 Å². The second-order valence-electron chi connectivity index (χ2n) is 6.29. The number of hydrogen-bond acceptors (Lipinski definition) is 5. The van der Waals surface area contributed by atoms with Gasteiger partial charge in [-0.1, -0.05) is 0 Å². The molecule has 25 heavy (non-hydrogen) atoms. The van der Waals surface area contributed by atoms with E-state index in [1.165, 1.54) is 0 Å². The van der Waals surface area contributed by atoms with Crippen LogP contribution in [-0.2, 0) is 23.8 Å². The van der Waals surface area contributed by atoms with Crippen LogP contribution in [0, 0.1) is 0 Å². The lowest BCUT2D eigenvalue weighted by molar-refractivity contribution is -0.400. The van der Waals surface area contributed by atoms with Crippen LogP contribution in [0.5, 0.6) is 0 Å². The molecular formula is C16H34N4O5+2. The summed E-state index contributed by atoms with van der Waals surface area (Å²) < 4.78 is 16.6. The van der Waals surface area contributed by atoms with Crippen molar-refractivity contribution in [3.05, 3.63) is 0 Å². The molecule has 1 rings (SSSR count). The van der Waals surface area contributed by atoms with Crippen molar-refractivity contribution in [1.82, 2.24) is 9.80 Å². The third kappa shape index (κ3) is 8.59. The molecule has 1 saturated heterocycles. The molecule has 0 saturated carbocycles. The highest BCUT2D eigenvalue weighted by atomic mass is 16.5. The number of carbonyl (C=O) groups is 2. The molecular weight excluding hydrogens is 328 g/mol. The van der Waals surface area contributed by atoms with E-state index in [4.69, 9.17) is 14.2 Å². The largest absolute Gasteiger partial charge is 0.378 e. The molecule has 0 aromatic rings. The second-order valence-corrected chi connectivity index (χ2v) is 6.29. The van der Waals surface area contributed by atoms with Gasteiger partial charge in [0.05, 0.1) is 39.6 Å². The molecule has 0 unspecified atom stereocenters. The first kappa shape index (κ1) is 21.8. The van der Waals surface area contributed by atoms with Crippen molar-refractivity contribution in [3.63, 3.8) is 0 Å². The van der Waals surface area contributed by atoms with E-state index in [-0.39, 0.29) is 23.9 Å². The number of quaternary nitrogens is 2. The van der Waals surface area contributed by atoms with Crippen molar-refractivity contribution in [3.8, 4) is 0 Å². The minimum atomic E-state index is -0.308. The Hall–Kier alpha value is -1.26. The summed E-state index contributed by atoms with van der Waals surface area (Å²) in [6.45, 7) is 8.17. The zero-order valence-electron chi connectivity index (χ0n) is 15.6. The van der Waals surface area contributed by atoms with Crippen LogP contribution < -0.4 is 11.5 Å². The first-order chi connectivity index (χ1) is 11.9. The Kier molecular flexibility index (Phi) is 10.6. The van der Waals surface area contributed by atoms with E-state index in [9.17, 15) is 9.59 Å². The minimum absolute atomic E-state index is 0.0181. The Morgan fingerprint density at radius 3 is 1.24 bits per heavy atom. The van der Waals surface area contributed by atoms with Crippen LogP contribution in [0.2, 0.25) is 0 Å². The highest BCUT2D eigenvalue weighted by Gasteiger charge is 2.21. The first-order valence-corrected chi connectivity index (χ1v) is 8.90. The van der Waals surface area contributed by atoms with E-state index in [1.54, 1.807) is 23.6 Å². The van der Waals surface area contributed by atoms with Gasteiger partial charge in [0.2, 0.25) is 0 Å². The first-order valence-electron chi connectivity index (χ1n) is 8.90. The maximum atomic E-state index is 12.2. The summed E-state index contributed by atoms with van der Waals surface area (Å²) in [4.78, 5) is 27.8. The summed E-state index contributed by atoms with van der Waals surface area (Å²) in [6, 6.07) is -0.617. The number of hydrogen-bond donors (Lipinski definition) is 2. The van der Waals surface area contributed by atoms with Gasteiger partial charge in [0, 0.05) is 26.2 Å². The maximum absolute atomic E-state index is 12.2. The van der Waals surface area contributed by atoms with E-state index in [1.807, 2.05) is 0 Å². The van der Waals surface area contributed by atoms with Gasteiger partial charge in [0.25, 0.3) is 11.8 Å². The molecule has 6 N–H and O–H groups in total. The Morgan fingerprint density at radius 1 is 0.680 bits per heavy atom. The van der Waals surface area contributed by atoms with E-state index < -0.39 is 0 Å². The average Bonchev–Trinajstić information content (AvgIpc) is 2.58. The van der Waals surface area contributed by atoms with Gasteiger partial charge in [-0.3, -0.25) is 9.59 Å². The van der Waals surface area contributed by atoms with Gasteiger partial charge < -0.3 is 35.5 Å². The summed E-state index contributed by atoms with van der Waals surface area (Å²) in [6.07, 6.45) is 0. The molecule has 0 aromatic heterocycles. The Balaban J connectivity index is 2.58. The van der Waals surface area contributed by atoms with E-state index in [2.05, 4.69) is 11.5 Å². The molecule has 0 aromatic carbocycles. The van der Waals surface area contributed by atoms with Crippen molar-refractivity contribution >= 4 is 11.8 Å². The molecule has 9 nitrogen and oxygen atoms in total. The monoisotopic (exact) mass is 362 g/mol. The predicted molar refractivity (Wildman–Crippen MR) is 90.3 cm³/mol. The number of rotatable bonds is 2. The van der Waals surface area contributed by atoms with E-state index >= 15 is 0 Å². The fraction of sp³-hybridized carbons (Fsp3) is 0.875. The molecule has 1 aliphatic heterocycles. The molecule has 1 aliphatic rings. The van der Waals surface area contributed by atoms with Gasteiger partial charge in [-0.25, -0.2) is 0 Å². The molecule has 146 valence electrons. The summed E-state index contributed by atoms with van der Waals surface area (Å²) in [5.74, 6) is -0.0362. The van der Waals surface area contributed by atoms with E-state index in [0.29, 0.717) is 65.8 Å². The average molecular weight is 362 g/mol. The SMILES string of the molecule is C[C@@H]([NH3+])C(=O)N1CCOCCOCCN(C(=O)[C@@H](C)[NH3+])CCOCC1. The summed E-state index contributed by atoms with van der Waals surface area (Å²) in [7, 11) is 0. The smallest absolute Gasteiger partial charge is 0.280 e. The third-order valence-corrected chi connectivity index (χ3v) is 3.86. The normalized spacial score (nSPS) is 21.8. The third-order valence-electron chi connectivity index (χ3n) is 3.86. The van der Waals surface area contributed by atoms with Crippen molar-refractivity contribution in [2.75, 3.05) is 65.8 Å². The Morgan fingerprint density at radius 2 is 0.960 bits per heavy atom. The van der Waals surface area contributed by atoms with Gasteiger partial charge >= 0.3 is 0 Å². The minimum Gasteiger partial charge on any atom is -0.378 e. The van der Waals surface area contributed by atoms with Crippen LogP contribution in [0.3, 0.4) is 0 Å². The second kappa shape index (κ2) is 12.2.